The van der Waals surface area contributed by atoms with Gasteiger partial charge in [-0.1, -0.05) is 71.1 Å². The number of nitro groups is 1. The maximum Gasteiger partial charge on any atom is 0.305 e. The van der Waals surface area contributed by atoms with Gasteiger partial charge in [0.2, 0.25) is 11.8 Å². The van der Waals surface area contributed by atoms with Gasteiger partial charge in [-0.25, -0.2) is 4.90 Å². The van der Waals surface area contributed by atoms with Crippen molar-refractivity contribution in [3.8, 4) is 5.75 Å². The van der Waals surface area contributed by atoms with E-state index in [0.29, 0.717) is 27.8 Å². The number of hydrogen-bond acceptors (Lipinski definition) is 8. The van der Waals surface area contributed by atoms with E-state index in [2.05, 4.69) is 4.98 Å². The molecule has 0 aliphatic carbocycles. The molecule has 6 rings (SSSR count). The molecule has 1 N–H and O–H groups in total. The Hall–Kier alpha value is -4.22. The number of nitrogens with one attached hydrogen (secondary N) is 1. The number of hydrogen-bond donors (Lipinski definition) is 1. The van der Waals surface area contributed by atoms with Crippen LogP contribution in [0.2, 0.25) is 0 Å². The number of nitro benzene ring substituents is 1. The highest BCUT2D eigenvalue weighted by molar-refractivity contribution is 8.00. The highest BCUT2D eigenvalue weighted by Crippen LogP contribution is 2.54. The molecular weight excluding hydrogens is 538 g/mol. The van der Waals surface area contributed by atoms with Crippen molar-refractivity contribution >= 4 is 46.3 Å². The van der Waals surface area contributed by atoms with Gasteiger partial charge in [-0.2, -0.15) is 0 Å². The van der Waals surface area contributed by atoms with E-state index in [9.17, 15) is 24.5 Å². The van der Waals surface area contributed by atoms with E-state index < -0.39 is 33.8 Å². The predicted molar refractivity (Wildman–Crippen MR) is 147 cm³/mol. The summed E-state index contributed by atoms with van der Waals surface area (Å²) in [5.74, 6) is -1.67. The molecule has 0 radical (unpaired) electrons. The number of carbonyl (C=O) groups is 2. The Morgan fingerprint density at radius 3 is 2.51 bits per heavy atom. The molecule has 1 saturated heterocycles. The zero-order valence-corrected chi connectivity index (χ0v) is 22.2. The lowest BCUT2D eigenvalue weighted by molar-refractivity contribution is -0.384. The summed E-state index contributed by atoms with van der Waals surface area (Å²) in [5.41, 5.74) is 2.95. The lowest BCUT2D eigenvalue weighted by Gasteiger charge is -2.30. The van der Waals surface area contributed by atoms with Gasteiger partial charge >= 0.3 is 4.87 Å². The molecular formula is C28H21N3O6S2. The smallest absolute Gasteiger partial charge is 0.305 e. The first-order valence-electron chi connectivity index (χ1n) is 12.1. The summed E-state index contributed by atoms with van der Waals surface area (Å²) in [6.45, 7) is 2.32. The Labute approximate surface area is 230 Å². The van der Waals surface area contributed by atoms with Crippen molar-refractivity contribution in [1.82, 2.24) is 4.98 Å². The first-order chi connectivity index (χ1) is 18.8. The number of H-pyrrole nitrogens is 1. The summed E-state index contributed by atoms with van der Waals surface area (Å²) < 4.78 is 6.25. The lowest BCUT2D eigenvalue weighted by Crippen LogP contribution is -2.32. The number of aryl methyl sites for hydroxylation is 1. The monoisotopic (exact) mass is 559 g/mol. The van der Waals surface area contributed by atoms with Gasteiger partial charge in [0.15, 0.2) is 0 Å². The minimum atomic E-state index is -0.791. The number of ether oxygens (including phenoxy) is 1. The summed E-state index contributed by atoms with van der Waals surface area (Å²) >= 11 is 2.20. The number of thioether (sulfide) groups is 1. The van der Waals surface area contributed by atoms with Crippen molar-refractivity contribution in [2.24, 2.45) is 5.92 Å². The van der Waals surface area contributed by atoms with Crippen LogP contribution in [0.15, 0.2) is 82.6 Å². The number of anilines is 1. The average Bonchev–Trinajstić information content (AvgIpc) is 3.42. The van der Waals surface area contributed by atoms with Crippen LogP contribution in [-0.4, -0.2) is 27.0 Å². The van der Waals surface area contributed by atoms with Gasteiger partial charge in [-0.05, 0) is 30.7 Å². The number of para-hydroxylation sites is 1. The maximum absolute atomic E-state index is 13.9. The van der Waals surface area contributed by atoms with E-state index in [1.807, 2.05) is 55.5 Å². The summed E-state index contributed by atoms with van der Waals surface area (Å²) in [5, 5.41) is 10.9. The number of benzene rings is 3. The SMILES string of the molecule is Cc1cccc(COc2ccccc2C2c3sc(=O)[nH]c3SC3C(=O)N(c4ccc([N+](=O)[O-])cc4)C(=O)C32)c1. The molecule has 39 heavy (non-hydrogen) atoms. The summed E-state index contributed by atoms with van der Waals surface area (Å²) in [4.78, 5) is 54.9. The Bertz CT molecular complexity index is 1680. The Morgan fingerprint density at radius 2 is 1.77 bits per heavy atom. The third-order valence-electron chi connectivity index (χ3n) is 6.87. The molecule has 0 bridgehead atoms. The largest absolute Gasteiger partial charge is 0.489 e. The standard InChI is InChI=1S/C28H21N3O6S2/c1-15-5-4-6-16(13-15)14-37-20-8-3-2-7-19(20)21-22-24(38-25-23(21)39-28(34)29-25)27(33)30(26(22)32)17-9-11-18(12-10-17)31(35)36/h2-13,21-22,24H,14H2,1H3,(H,29,34). The Balaban J connectivity index is 1.40. The third-order valence-corrected chi connectivity index (χ3v) is 9.27. The van der Waals surface area contributed by atoms with Gasteiger partial charge in [0.25, 0.3) is 5.69 Å². The second-order valence-corrected chi connectivity index (χ2v) is 11.5. The highest BCUT2D eigenvalue weighted by atomic mass is 32.2. The molecule has 1 aromatic heterocycles. The molecule has 4 aromatic rings. The number of aromatic amines is 1. The molecule has 3 unspecified atom stereocenters. The number of amides is 2. The van der Waals surface area contributed by atoms with Crippen molar-refractivity contribution in [2.45, 2.75) is 29.7 Å². The highest BCUT2D eigenvalue weighted by Gasteiger charge is 2.56. The molecule has 3 heterocycles. The summed E-state index contributed by atoms with van der Waals surface area (Å²) in [6, 6.07) is 20.7. The first kappa shape index (κ1) is 25.1. The zero-order chi connectivity index (χ0) is 27.3. The van der Waals surface area contributed by atoms with Gasteiger partial charge in [-0.3, -0.25) is 24.5 Å². The molecule has 2 amide bonds. The number of imide groups is 1. The molecule has 2 aliphatic rings. The van der Waals surface area contributed by atoms with Crippen LogP contribution in [0.25, 0.3) is 0 Å². The van der Waals surface area contributed by atoms with Crippen molar-refractivity contribution in [1.29, 1.82) is 0 Å². The average molecular weight is 560 g/mol. The molecule has 1 fully saturated rings. The zero-order valence-electron chi connectivity index (χ0n) is 20.5. The van der Waals surface area contributed by atoms with Gasteiger partial charge < -0.3 is 9.72 Å². The molecule has 11 heteroatoms. The Morgan fingerprint density at radius 1 is 1.00 bits per heavy atom. The predicted octanol–water partition coefficient (Wildman–Crippen LogP) is 5.03. The summed E-state index contributed by atoms with van der Waals surface area (Å²) in [7, 11) is 0. The van der Waals surface area contributed by atoms with Crippen molar-refractivity contribution in [2.75, 3.05) is 4.90 Å². The normalized spacial score (nSPS) is 20.0. The van der Waals surface area contributed by atoms with Gasteiger partial charge in [0.05, 0.1) is 21.6 Å². The fourth-order valence-corrected chi connectivity index (χ4v) is 7.67. The molecule has 196 valence electrons. The first-order valence-corrected chi connectivity index (χ1v) is 13.8. The quantitative estimate of drug-likeness (QED) is 0.200. The Kier molecular flexibility index (Phi) is 6.32. The van der Waals surface area contributed by atoms with Crippen molar-refractivity contribution < 1.29 is 19.2 Å². The van der Waals surface area contributed by atoms with Gasteiger partial charge in [-0.15, -0.1) is 0 Å². The van der Waals surface area contributed by atoms with Gasteiger partial charge in [0, 0.05) is 28.5 Å². The van der Waals surface area contributed by atoms with Crippen LogP contribution in [0.1, 0.15) is 27.5 Å². The lowest BCUT2D eigenvalue weighted by atomic mass is 9.82. The van der Waals surface area contributed by atoms with E-state index >= 15 is 0 Å². The number of nitrogens with zero attached hydrogens (tertiary/aromatic N) is 2. The maximum atomic E-state index is 13.9. The van der Waals surface area contributed by atoms with E-state index in [-0.39, 0.29) is 16.2 Å². The van der Waals surface area contributed by atoms with Crippen LogP contribution in [-0.2, 0) is 16.2 Å². The number of thiazole rings is 1. The molecule has 2 aliphatic heterocycles. The summed E-state index contributed by atoms with van der Waals surface area (Å²) in [6.07, 6.45) is 0. The van der Waals surface area contributed by atoms with E-state index in [0.717, 1.165) is 27.4 Å². The molecule has 9 nitrogen and oxygen atoms in total. The fraction of sp³-hybridized carbons (Fsp3) is 0.179. The second-order valence-electron chi connectivity index (χ2n) is 9.35. The second kappa shape index (κ2) is 9.83. The number of carbonyl (C=O) groups excluding carboxylic acids is 2. The molecule has 0 saturated carbocycles. The van der Waals surface area contributed by atoms with Crippen LogP contribution in [0.4, 0.5) is 11.4 Å². The van der Waals surface area contributed by atoms with E-state index in [4.69, 9.17) is 4.74 Å². The van der Waals surface area contributed by atoms with Crippen LogP contribution in [0.5, 0.6) is 5.75 Å². The van der Waals surface area contributed by atoms with E-state index in [1.54, 1.807) is 0 Å². The third kappa shape index (κ3) is 4.43. The number of non-ortho nitro benzene ring substituents is 1. The molecule has 0 spiro atoms. The van der Waals surface area contributed by atoms with Crippen LogP contribution >= 0.6 is 23.1 Å². The minimum Gasteiger partial charge on any atom is -0.489 e. The van der Waals surface area contributed by atoms with Gasteiger partial charge in [0.1, 0.15) is 17.6 Å². The number of rotatable bonds is 6. The van der Waals surface area contributed by atoms with Crippen LogP contribution in [0, 0.1) is 23.0 Å². The number of fused-ring (bicyclic) bond motifs is 2. The van der Waals surface area contributed by atoms with Crippen LogP contribution in [0.3, 0.4) is 0 Å². The number of aromatic nitrogens is 1. The van der Waals surface area contributed by atoms with Crippen molar-refractivity contribution in [3.05, 3.63) is 114 Å². The molecule has 3 atom stereocenters. The molecule has 3 aromatic carbocycles. The van der Waals surface area contributed by atoms with Crippen LogP contribution < -0.4 is 14.5 Å². The fourth-order valence-electron chi connectivity index (χ4n) is 5.16. The van der Waals surface area contributed by atoms with E-state index in [1.165, 1.54) is 36.0 Å². The minimum absolute atomic E-state index is 0.137. The topological polar surface area (TPSA) is 123 Å². The van der Waals surface area contributed by atoms with Crippen molar-refractivity contribution in [3.63, 3.8) is 0 Å².